The molecule has 0 saturated carbocycles. The molecule has 0 saturated heterocycles. The van der Waals surface area contributed by atoms with Crippen LogP contribution in [0.1, 0.15) is 27.3 Å². The van der Waals surface area contributed by atoms with E-state index >= 15 is 0 Å². The summed E-state index contributed by atoms with van der Waals surface area (Å²) in [6, 6.07) is 5.67. The minimum atomic E-state index is -1.17. The number of benzene rings is 1. The molecule has 0 fully saturated rings. The van der Waals surface area contributed by atoms with Crippen molar-refractivity contribution in [3.05, 3.63) is 40.7 Å². The van der Waals surface area contributed by atoms with Gasteiger partial charge in [-0.2, -0.15) is 0 Å². The number of ether oxygens (including phenoxy) is 1. The molecule has 0 unspecified atom stereocenters. The van der Waals surface area contributed by atoms with Crippen molar-refractivity contribution in [3.8, 4) is 5.75 Å². The lowest BCUT2D eigenvalue weighted by molar-refractivity contribution is 0.0687. The maximum Gasteiger partial charge on any atom is 0.358 e. The fourth-order valence-electron chi connectivity index (χ4n) is 1.94. The minimum absolute atomic E-state index is 0.0267. The number of aryl methyl sites for hydroxylation is 1. The van der Waals surface area contributed by atoms with Crippen LogP contribution >= 0.6 is 0 Å². The Morgan fingerprint density at radius 3 is 2.81 bits per heavy atom. The molecule has 2 N–H and O–H groups in total. The Morgan fingerprint density at radius 2 is 2.14 bits per heavy atom. The van der Waals surface area contributed by atoms with Crippen LogP contribution in [0.4, 0.5) is 0 Å². The highest BCUT2D eigenvalue weighted by molar-refractivity contribution is 5.86. The van der Waals surface area contributed by atoms with E-state index in [9.17, 15) is 4.79 Å². The molecule has 2 rings (SSSR count). The predicted octanol–water partition coefficient (Wildman–Crippen LogP) is 1.16. The molecule has 0 amide bonds. The molecule has 112 valence electrons. The Labute approximate surface area is 121 Å². The van der Waals surface area contributed by atoms with Gasteiger partial charge in [0.2, 0.25) is 0 Å². The molecule has 2 aromatic rings. The maximum absolute atomic E-state index is 11.1. The van der Waals surface area contributed by atoms with Crippen LogP contribution in [0.15, 0.2) is 18.2 Å². The molecule has 7 nitrogen and oxygen atoms in total. The summed E-state index contributed by atoms with van der Waals surface area (Å²) in [6.07, 6.45) is 0. The van der Waals surface area contributed by atoms with Crippen molar-refractivity contribution in [1.82, 2.24) is 15.0 Å². The third-order valence-electron chi connectivity index (χ3n) is 3.27. The van der Waals surface area contributed by atoms with Gasteiger partial charge >= 0.3 is 5.97 Å². The van der Waals surface area contributed by atoms with E-state index < -0.39 is 5.97 Å². The second-order valence-corrected chi connectivity index (χ2v) is 4.62. The van der Waals surface area contributed by atoms with E-state index in [0.717, 1.165) is 11.1 Å². The van der Waals surface area contributed by atoms with Gasteiger partial charge in [0.1, 0.15) is 18.1 Å². The Morgan fingerprint density at radius 1 is 1.38 bits per heavy atom. The van der Waals surface area contributed by atoms with Crippen LogP contribution in [0.25, 0.3) is 0 Å². The predicted molar refractivity (Wildman–Crippen MR) is 74.3 cm³/mol. The van der Waals surface area contributed by atoms with Crippen LogP contribution in [0.2, 0.25) is 0 Å². The van der Waals surface area contributed by atoms with E-state index in [0.29, 0.717) is 11.4 Å². The number of aromatic nitrogens is 3. The van der Waals surface area contributed by atoms with Crippen molar-refractivity contribution in [3.63, 3.8) is 0 Å². The number of aliphatic hydroxyl groups is 1. The van der Waals surface area contributed by atoms with Gasteiger partial charge in [-0.3, -0.25) is 0 Å². The number of aliphatic hydroxyl groups excluding tert-OH is 1. The van der Waals surface area contributed by atoms with Gasteiger partial charge in [0.05, 0.1) is 13.2 Å². The van der Waals surface area contributed by atoms with Crippen LogP contribution in [0.5, 0.6) is 5.75 Å². The second kappa shape index (κ2) is 6.36. The van der Waals surface area contributed by atoms with Crippen molar-refractivity contribution >= 4 is 5.97 Å². The van der Waals surface area contributed by atoms with Crippen molar-refractivity contribution in [1.29, 1.82) is 0 Å². The summed E-state index contributed by atoms with van der Waals surface area (Å²) in [7, 11) is 0. The van der Waals surface area contributed by atoms with Gasteiger partial charge in [0, 0.05) is 0 Å². The van der Waals surface area contributed by atoms with Gasteiger partial charge in [-0.1, -0.05) is 17.3 Å². The van der Waals surface area contributed by atoms with Gasteiger partial charge in [-0.15, -0.1) is 5.10 Å². The normalized spacial score (nSPS) is 10.6. The van der Waals surface area contributed by atoms with E-state index in [1.807, 2.05) is 32.0 Å². The third-order valence-corrected chi connectivity index (χ3v) is 3.27. The number of hydrogen-bond donors (Lipinski definition) is 2. The van der Waals surface area contributed by atoms with Gasteiger partial charge in [-0.25, -0.2) is 9.48 Å². The number of aromatic carboxylic acids is 1. The van der Waals surface area contributed by atoms with Crippen LogP contribution in [-0.2, 0) is 13.2 Å². The summed E-state index contributed by atoms with van der Waals surface area (Å²) in [4.78, 5) is 11.1. The van der Waals surface area contributed by atoms with Crippen LogP contribution in [0.3, 0.4) is 0 Å². The van der Waals surface area contributed by atoms with Gasteiger partial charge in [-0.05, 0) is 31.0 Å². The van der Waals surface area contributed by atoms with E-state index in [1.54, 1.807) is 0 Å². The zero-order valence-corrected chi connectivity index (χ0v) is 11.9. The molecule has 7 heteroatoms. The number of carboxylic acids is 1. The van der Waals surface area contributed by atoms with Gasteiger partial charge < -0.3 is 14.9 Å². The molecule has 0 spiro atoms. The number of nitrogens with zero attached hydrogens (tertiary/aromatic N) is 3. The van der Waals surface area contributed by atoms with E-state index in [-0.39, 0.29) is 25.5 Å². The van der Waals surface area contributed by atoms with Crippen molar-refractivity contribution in [2.75, 3.05) is 6.61 Å². The number of hydrogen-bond acceptors (Lipinski definition) is 5. The van der Waals surface area contributed by atoms with Crippen LogP contribution < -0.4 is 4.74 Å². The molecule has 21 heavy (non-hydrogen) atoms. The van der Waals surface area contributed by atoms with Crippen molar-refractivity contribution in [2.24, 2.45) is 0 Å². The lowest BCUT2D eigenvalue weighted by Gasteiger charge is -2.11. The lowest BCUT2D eigenvalue weighted by atomic mass is 10.1. The summed E-state index contributed by atoms with van der Waals surface area (Å²) in [5.41, 5.74) is 2.26. The molecule has 0 bridgehead atoms. The fraction of sp³-hybridized carbons (Fsp3) is 0.357. The van der Waals surface area contributed by atoms with E-state index in [1.165, 1.54) is 4.68 Å². The molecule has 0 aliphatic heterocycles. The topological polar surface area (TPSA) is 97.5 Å². The summed E-state index contributed by atoms with van der Waals surface area (Å²) in [5, 5.41) is 25.4. The largest absolute Gasteiger partial charge is 0.487 e. The SMILES string of the molecule is Cc1cccc(OCc2c(C(=O)O)nnn2CCO)c1C. The maximum atomic E-state index is 11.1. The lowest BCUT2D eigenvalue weighted by Crippen LogP contribution is -2.13. The summed E-state index contributed by atoms with van der Waals surface area (Å²) < 4.78 is 7.04. The third kappa shape index (κ3) is 3.19. The first kappa shape index (κ1) is 15.0. The van der Waals surface area contributed by atoms with E-state index in [4.69, 9.17) is 14.9 Å². The molecular formula is C14H17N3O4. The summed E-state index contributed by atoms with van der Waals surface area (Å²) in [5.74, 6) is -0.484. The summed E-state index contributed by atoms with van der Waals surface area (Å²) in [6.45, 7) is 3.96. The first-order valence-corrected chi connectivity index (χ1v) is 6.50. The smallest absolute Gasteiger partial charge is 0.358 e. The Bertz CT molecular complexity index is 652. The van der Waals surface area contributed by atoms with E-state index in [2.05, 4.69) is 10.3 Å². The van der Waals surface area contributed by atoms with Crippen molar-refractivity contribution in [2.45, 2.75) is 27.0 Å². The zero-order valence-electron chi connectivity index (χ0n) is 11.9. The molecule has 0 aliphatic carbocycles. The van der Waals surface area contributed by atoms with Gasteiger partial charge in [0.25, 0.3) is 0 Å². The Balaban J connectivity index is 2.24. The average Bonchev–Trinajstić information content (AvgIpc) is 2.84. The minimum Gasteiger partial charge on any atom is -0.487 e. The molecule has 1 aromatic carbocycles. The Hall–Kier alpha value is -2.41. The highest BCUT2D eigenvalue weighted by Crippen LogP contribution is 2.22. The van der Waals surface area contributed by atoms with Crippen LogP contribution in [0, 0.1) is 13.8 Å². The molecule has 0 atom stereocenters. The Kier molecular flexibility index (Phi) is 4.54. The summed E-state index contributed by atoms with van der Waals surface area (Å²) >= 11 is 0. The highest BCUT2D eigenvalue weighted by atomic mass is 16.5. The first-order chi connectivity index (χ1) is 10.0. The molecule has 1 heterocycles. The molecular weight excluding hydrogens is 274 g/mol. The standard InChI is InChI=1S/C14H17N3O4/c1-9-4-3-5-12(10(9)2)21-8-11-13(14(19)20)15-16-17(11)6-7-18/h3-5,18H,6-8H2,1-2H3,(H,19,20). The van der Waals surface area contributed by atoms with Crippen LogP contribution in [-0.4, -0.2) is 37.8 Å². The fourth-order valence-corrected chi connectivity index (χ4v) is 1.94. The quantitative estimate of drug-likeness (QED) is 0.829. The van der Waals surface area contributed by atoms with Gasteiger partial charge in [0.15, 0.2) is 5.69 Å². The molecule has 1 aromatic heterocycles. The highest BCUT2D eigenvalue weighted by Gasteiger charge is 2.19. The number of carbonyl (C=O) groups is 1. The number of carboxylic acid groups (broad SMARTS) is 1. The second-order valence-electron chi connectivity index (χ2n) is 4.62. The first-order valence-electron chi connectivity index (χ1n) is 6.50. The van der Waals surface area contributed by atoms with Crippen molar-refractivity contribution < 1.29 is 19.7 Å². The monoisotopic (exact) mass is 291 g/mol. The zero-order chi connectivity index (χ0) is 15.4. The molecule has 0 radical (unpaired) electrons. The average molecular weight is 291 g/mol. The number of rotatable bonds is 6. The molecule has 0 aliphatic rings.